The van der Waals surface area contributed by atoms with Crippen molar-refractivity contribution >= 4 is 23.8 Å². The Labute approximate surface area is 133 Å². The summed E-state index contributed by atoms with van der Waals surface area (Å²) in [6, 6.07) is -2.20. The van der Waals surface area contributed by atoms with Gasteiger partial charge in [-0.3, -0.25) is 14.4 Å². The predicted molar refractivity (Wildman–Crippen MR) is 79.2 cm³/mol. The third kappa shape index (κ3) is 4.92. The second kappa shape index (κ2) is 7.91. The molecule has 5 N–H and O–H groups in total. The molecule has 0 aromatic carbocycles. The maximum absolute atomic E-state index is 12.2. The zero-order valence-corrected chi connectivity index (χ0v) is 13.3. The summed E-state index contributed by atoms with van der Waals surface area (Å²) in [5.41, 5.74) is 4.37. The van der Waals surface area contributed by atoms with Crippen LogP contribution in [0, 0.1) is 0 Å². The van der Waals surface area contributed by atoms with Gasteiger partial charge in [0, 0.05) is 0 Å². The molecule has 0 unspecified atom stereocenters. The molecule has 0 aromatic rings. The summed E-state index contributed by atoms with van der Waals surface area (Å²) in [7, 11) is 1.25. The highest BCUT2D eigenvalue weighted by atomic mass is 16.5. The fraction of sp³-hybridized carbons (Fsp3) is 0.714. The zero-order chi connectivity index (χ0) is 17.6. The van der Waals surface area contributed by atoms with Crippen LogP contribution in [0.25, 0.3) is 0 Å². The van der Waals surface area contributed by atoms with Crippen molar-refractivity contribution in [2.24, 2.45) is 5.73 Å². The number of carbonyl (C=O) groups is 4. The van der Waals surface area contributed by atoms with E-state index in [0.29, 0.717) is 12.8 Å². The Morgan fingerprint density at radius 1 is 1.22 bits per heavy atom. The minimum Gasteiger partial charge on any atom is -0.481 e. The predicted octanol–water partition coefficient (Wildman–Crippen LogP) is -1.10. The fourth-order valence-electron chi connectivity index (χ4n) is 2.56. The Balaban J connectivity index is 2.64. The van der Waals surface area contributed by atoms with E-state index in [4.69, 9.17) is 15.6 Å². The number of carbonyl (C=O) groups excluding carboxylic acids is 3. The van der Waals surface area contributed by atoms with E-state index < -0.39 is 47.8 Å². The van der Waals surface area contributed by atoms with Gasteiger partial charge in [0.1, 0.15) is 11.6 Å². The van der Waals surface area contributed by atoms with Crippen LogP contribution in [-0.2, 0) is 23.9 Å². The van der Waals surface area contributed by atoms with Gasteiger partial charge < -0.3 is 26.2 Å². The highest BCUT2D eigenvalue weighted by Gasteiger charge is 2.44. The molecule has 1 aliphatic carbocycles. The number of rotatable bonds is 7. The molecule has 0 aliphatic heterocycles. The van der Waals surface area contributed by atoms with Crippen LogP contribution >= 0.6 is 0 Å². The minimum atomic E-state index is -1.25. The number of ether oxygens (including phenoxy) is 1. The van der Waals surface area contributed by atoms with E-state index in [0.717, 1.165) is 12.8 Å². The lowest BCUT2D eigenvalue weighted by molar-refractivity contribution is -0.151. The van der Waals surface area contributed by atoms with Gasteiger partial charge in [-0.2, -0.15) is 0 Å². The number of carboxylic acid groups (broad SMARTS) is 1. The minimum absolute atomic E-state index is 0.477. The monoisotopic (exact) mass is 329 g/mol. The Morgan fingerprint density at radius 2 is 1.78 bits per heavy atom. The van der Waals surface area contributed by atoms with Gasteiger partial charge in [-0.15, -0.1) is 0 Å². The van der Waals surface area contributed by atoms with Gasteiger partial charge in [0.25, 0.3) is 0 Å². The van der Waals surface area contributed by atoms with Gasteiger partial charge in [0.05, 0.1) is 19.6 Å². The van der Waals surface area contributed by atoms with Crippen molar-refractivity contribution < 1.29 is 29.0 Å². The molecule has 9 nitrogen and oxygen atoms in total. The van der Waals surface area contributed by atoms with Crippen LogP contribution in [0.3, 0.4) is 0 Å². The quantitative estimate of drug-likeness (QED) is 0.433. The summed E-state index contributed by atoms with van der Waals surface area (Å²) in [6.45, 7) is 1.43. The standard InChI is InChI=1S/C14H23N3O6/c1-8(16-12(21)9(15)7-10(18)19)11(20)17-14(13(22)23-2)5-3-4-6-14/h8-9H,3-7,15H2,1-2H3,(H,16,21)(H,17,20)(H,18,19)/t8-,9-/m0/s1. The Kier molecular flexibility index (Phi) is 6.49. The van der Waals surface area contributed by atoms with Crippen molar-refractivity contribution in [3.8, 4) is 0 Å². The van der Waals surface area contributed by atoms with Crippen LogP contribution in [0.4, 0.5) is 0 Å². The second-order valence-electron chi connectivity index (χ2n) is 5.70. The van der Waals surface area contributed by atoms with Crippen molar-refractivity contribution in [1.82, 2.24) is 10.6 Å². The number of hydrogen-bond donors (Lipinski definition) is 4. The normalized spacial score (nSPS) is 18.6. The number of nitrogens with one attached hydrogen (secondary N) is 2. The molecule has 0 spiro atoms. The van der Waals surface area contributed by atoms with Crippen molar-refractivity contribution in [2.75, 3.05) is 7.11 Å². The van der Waals surface area contributed by atoms with E-state index in [1.54, 1.807) is 0 Å². The van der Waals surface area contributed by atoms with Crippen LogP contribution in [0.15, 0.2) is 0 Å². The number of methoxy groups -OCH3 is 1. The summed E-state index contributed by atoms with van der Waals surface area (Å²) in [5.74, 6) is -3.01. The molecular formula is C14H23N3O6. The Bertz CT molecular complexity index is 487. The summed E-state index contributed by atoms with van der Waals surface area (Å²) in [4.78, 5) is 46.4. The molecule has 2 amide bonds. The molecule has 1 fully saturated rings. The summed E-state index contributed by atoms with van der Waals surface area (Å²) in [6.07, 6.45) is 2.00. The van der Waals surface area contributed by atoms with Gasteiger partial charge in [0.2, 0.25) is 11.8 Å². The fourth-order valence-corrected chi connectivity index (χ4v) is 2.56. The van der Waals surface area contributed by atoms with E-state index in [9.17, 15) is 19.2 Å². The molecule has 130 valence electrons. The molecule has 23 heavy (non-hydrogen) atoms. The number of aliphatic carboxylic acids is 1. The summed E-state index contributed by atoms with van der Waals surface area (Å²) < 4.78 is 4.75. The summed E-state index contributed by atoms with van der Waals surface area (Å²) >= 11 is 0. The van der Waals surface area contributed by atoms with Crippen LogP contribution in [0.1, 0.15) is 39.0 Å². The largest absolute Gasteiger partial charge is 0.481 e. The first-order chi connectivity index (χ1) is 10.7. The van der Waals surface area contributed by atoms with Gasteiger partial charge in [0.15, 0.2) is 0 Å². The lowest BCUT2D eigenvalue weighted by Crippen LogP contribution is -2.58. The maximum Gasteiger partial charge on any atom is 0.331 e. The lowest BCUT2D eigenvalue weighted by Gasteiger charge is -2.29. The van der Waals surface area contributed by atoms with Crippen LogP contribution < -0.4 is 16.4 Å². The zero-order valence-electron chi connectivity index (χ0n) is 13.3. The van der Waals surface area contributed by atoms with Gasteiger partial charge in [-0.25, -0.2) is 4.79 Å². The first kappa shape index (κ1) is 18.9. The van der Waals surface area contributed by atoms with Crippen molar-refractivity contribution in [2.45, 2.75) is 56.7 Å². The molecule has 2 atom stereocenters. The number of esters is 1. The molecular weight excluding hydrogens is 306 g/mol. The number of hydrogen-bond acceptors (Lipinski definition) is 6. The number of amides is 2. The third-order valence-corrected chi connectivity index (χ3v) is 3.88. The third-order valence-electron chi connectivity index (χ3n) is 3.88. The molecule has 0 aromatic heterocycles. The van der Waals surface area contributed by atoms with E-state index in [1.165, 1.54) is 14.0 Å². The van der Waals surface area contributed by atoms with Crippen LogP contribution in [-0.4, -0.2) is 53.6 Å². The topological polar surface area (TPSA) is 148 Å². The molecule has 0 bridgehead atoms. The first-order valence-corrected chi connectivity index (χ1v) is 7.40. The second-order valence-corrected chi connectivity index (χ2v) is 5.70. The lowest BCUT2D eigenvalue weighted by atomic mass is 9.97. The van der Waals surface area contributed by atoms with E-state index in [1.807, 2.05) is 0 Å². The average molecular weight is 329 g/mol. The Hall–Kier alpha value is -2.16. The van der Waals surface area contributed by atoms with Gasteiger partial charge in [-0.1, -0.05) is 12.8 Å². The highest BCUT2D eigenvalue weighted by molar-refractivity contribution is 5.94. The molecule has 9 heteroatoms. The molecule has 1 saturated carbocycles. The van der Waals surface area contributed by atoms with Gasteiger partial charge >= 0.3 is 11.9 Å². The number of nitrogens with two attached hydrogens (primary N) is 1. The molecule has 0 radical (unpaired) electrons. The molecule has 0 saturated heterocycles. The van der Waals surface area contributed by atoms with Crippen molar-refractivity contribution in [3.63, 3.8) is 0 Å². The highest BCUT2D eigenvalue weighted by Crippen LogP contribution is 2.30. The van der Waals surface area contributed by atoms with Gasteiger partial charge in [-0.05, 0) is 19.8 Å². The molecule has 1 aliphatic rings. The van der Waals surface area contributed by atoms with Crippen molar-refractivity contribution in [1.29, 1.82) is 0 Å². The Morgan fingerprint density at radius 3 is 2.26 bits per heavy atom. The van der Waals surface area contributed by atoms with Crippen LogP contribution in [0.5, 0.6) is 0 Å². The van der Waals surface area contributed by atoms with Crippen LogP contribution in [0.2, 0.25) is 0 Å². The van der Waals surface area contributed by atoms with E-state index >= 15 is 0 Å². The summed E-state index contributed by atoms with van der Waals surface area (Å²) in [5, 5.41) is 13.6. The maximum atomic E-state index is 12.2. The number of carboxylic acids is 1. The van der Waals surface area contributed by atoms with Crippen molar-refractivity contribution in [3.05, 3.63) is 0 Å². The molecule has 1 rings (SSSR count). The molecule has 0 heterocycles. The van der Waals surface area contributed by atoms with E-state index in [-0.39, 0.29) is 0 Å². The first-order valence-electron chi connectivity index (χ1n) is 7.40. The van der Waals surface area contributed by atoms with E-state index in [2.05, 4.69) is 10.6 Å². The average Bonchev–Trinajstić information content (AvgIpc) is 2.95. The smallest absolute Gasteiger partial charge is 0.331 e. The SMILES string of the molecule is COC(=O)C1(NC(=O)[C@H](C)NC(=O)[C@@H](N)CC(=O)O)CCCC1.